The number of ether oxygens (including phenoxy) is 1. The molecule has 0 spiro atoms. The summed E-state index contributed by atoms with van der Waals surface area (Å²) >= 11 is 5.83. The van der Waals surface area contributed by atoms with Crippen molar-refractivity contribution in [2.24, 2.45) is 0 Å². The number of halogens is 1. The molecule has 2 rings (SSSR count). The molecule has 0 aliphatic carbocycles. The van der Waals surface area contributed by atoms with Crippen molar-refractivity contribution >= 4 is 11.6 Å². The summed E-state index contributed by atoms with van der Waals surface area (Å²) in [6, 6.07) is 7.61. The SMILES string of the molecule is COCCNCc1nc(Cc2ccc(Cl)cc2)no1. The zero-order chi connectivity index (χ0) is 13.5. The molecule has 1 N–H and O–H groups in total. The number of hydrogen-bond acceptors (Lipinski definition) is 5. The van der Waals surface area contributed by atoms with Crippen LogP contribution >= 0.6 is 11.6 Å². The normalized spacial score (nSPS) is 10.8. The lowest BCUT2D eigenvalue weighted by atomic mass is 10.1. The van der Waals surface area contributed by atoms with Gasteiger partial charge in [0.05, 0.1) is 13.2 Å². The third-order valence-electron chi connectivity index (χ3n) is 2.54. The van der Waals surface area contributed by atoms with E-state index in [0.717, 1.165) is 17.1 Å². The summed E-state index contributed by atoms with van der Waals surface area (Å²) in [6.07, 6.45) is 0.638. The van der Waals surface area contributed by atoms with Gasteiger partial charge in [0, 0.05) is 25.1 Å². The number of benzene rings is 1. The average Bonchev–Trinajstić information content (AvgIpc) is 2.85. The summed E-state index contributed by atoms with van der Waals surface area (Å²) in [7, 11) is 1.67. The minimum atomic E-state index is 0.553. The van der Waals surface area contributed by atoms with Gasteiger partial charge in [0.15, 0.2) is 5.82 Å². The Hall–Kier alpha value is -1.43. The molecule has 0 bridgehead atoms. The molecule has 1 aromatic heterocycles. The molecule has 0 aliphatic rings. The number of nitrogens with one attached hydrogen (secondary N) is 1. The number of methoxy groups -OCH3 is 1. The zero-order valence-electron chi connectivity index (χ0n) is 10.7. The maximum Gasteiger partial charge on any atom is 0.240 e. The van der Waals surface area contributed by atoms with Gasteiger partial charge in [-0.2, -0.15) is 4.98 Å². The zero-order valence-corrected chi connectivity index (χ0v) is 11.5. The van der Waals surface area contributed by atoms with E-state index in [1.165, 1.54) is 0 Å². The molecule has 1 heterocycles. The Bertz CT molecular complexity index is 499. The first-order chi connectivity index (χ1) is 9.28. The third-order valence-corrected chi connectivity index (χ3v) is 2.80. The Morgan fingerprint density at radius 1 is 1.32 bits per heavy atom. The molecule has 0 aliphatic heterocycles. The topological polar surface area (TPSA) is 60.2 Å². The molecule has 6 heteroatoms. The van der Waals surface area contributed by atoms with Crippen LogP contribution in [-0.2, 0) is 17.7 Å². The standard InChI is InChI=1S/C13H16ClN3O2/c1-18-7-6-15-9-13-16-12(17-19-13)8-10-2-4-11(14)5-3-10/h2-5,15H,6-9H2,1H3. The number of hydrogen-bond donors (Lipinski definition) is 1. The molecule has 19 heavy (non-hydrogen) atoms. The van der Waals surface area contributed by atoms with E-state index in [1.54, 1.807) is 7.11 Å². The fourth-order valence-electron chi connectivity index (χ4n) is 1.59. The van der Waals surface area contributed by atoms with Crippen molar-refractivity contribution in [1.29, 1.82) is 0 Å². The molecule has 0 fully saturated rings. The molecule has 0 saturated heterocycles. The minimum absolute atomic E-state index is 0.553. The smallest absolute Gasteiger partial charge is 0.240 e. The first-order valence-electron chi connectivity index (χ1n) is 6.03. The van der Waals surface area contributed by atoms with Crippen LogP contribution < -0.4 is 5.32 Å². The highest BCUT2D eigenvalue weighted by atomic mass is 35.5. The van der Waals surface area contributed by atoms with Gasteiger partial charge in [0.2, 0.25) is 5.89 Å². The lowest BCUT2D eigenvalue weighted by Gasteiger charge is -1.98. The maximum atomic E-state index is 5.83. The van der Waals surface area contributed by atoms with E-state index in [0.29, 0.717) is 31.3 Å². The van der Waals surface area contributed by atoms with Crippen molar-refractivity contribution in [2.75, 3.05) is 20.3 Å². The number of rotatable bonds is 7. The van der Waals surface area contributed by atoms with Crippen molar-refractivity contribution < 1.29 is 9.26 Å². The van der Waals surface area contributed by atoms with E-state index in [2.05, 4.69) is 15.5 Å². The Balaban J connectivity index is 1.85. The van der Waals surface area contributed by atoms with Crippen LogP contribution in [0.5, 0.6) is 0 Å². The van der Waals surface area contributed by atoms with E-state index in [4.69, 9.17) is 20.9 Å². The van der Waals surface area contributed by atoms with Gasteiger partial charge in [0.25, 0.3) is 0 Å². The van der Waals surface area contributed by atoms with E-state index in [-0.39, 0.29) is 0 Å². The van der Waals surface area contributed by atoms with Gasteiger partial charge < -0.3 is 14.6 Å². The fourth-order valence-corrected chi connectivity index (χ4v) is 1.71. The first kappa shape index (κ1) is 14.0. The van der Waals surface area contributed by atoms with Gasteiger partial charge in [0.1, 0.15) is 0 Å². The molecule has 2 aromatic rings. The van der Waals surface area contributed by atoms with Gasteiger partial charge in [-0.05, 0) is 17.7 Å². The summed E-state index contributed by atoms with van der Waals surface area (Å²) in [6.45, 7) is 1.97. The molecule has 0 atom stereocenters. The maximum absolute atomic E-state index is 5.83. The highest BCUT2D eigenvalue weighted by Gasteiger charge is 2.06. The minimum Gasteiger partial charge on any atom is -0.383 e. The van der Waals surface area contributed by atoms with Gasteiger partial charge in [-0.15, -0.1) is 0 Å². The van der Waals surface area contributed by atoms with Crippen LogP contribution in [0.4, 0.5) is 0 Å². The van der Waals surface area contributed by atoms with E-state index >= 15 is 0 Å². The molecular formula is C13H16ClN3O2. The molecule has 0 radical (unpaired) electrons. The van der Waals surface area contributed by atoms with Crippen LogP contribution in [0.25, 0.3) is 0 Å². The quantitative estimate of drug-likeness (QED) is 0.787. The highest BCUT2D eigenvalue weighted by Crippen LogP contribution is 2.12. The van der Waals surface area contributed by atoms with E-state index in [9.17, 15) is 0 Å². The largest absolute Gasteiger partial charge is 0.383 e. The summed E-state index contributed by atoms with van der Waals surface area (Å²) in [5.74, 6) is 1.26. The van der Waals surface area contributed by atoms with Crippen LogP contribution in [0.2, 0.25) is 5.02 Å². The summed E-state index contributed by atoms with van der Waals surface area (Å²) in [5.41, 5.74) is 1.10. The van der Waals surface area contributed by atoms with Crippen molar-refractivity contribution in [2.45, 2.75) is 13.0 Å². The number of nitrogens with zero attached hydrogens (tertiary/aromatic N) is 2. The van der Waals surface area contributed by atoms with Crippen molar-refractivity contribution in [3.05, 3.63) is 46.6 Å². The summed E-state index contributed by atoms with van der Waals surface area (Å²) < 4.78 is 10.1. The third kappa shape index (κ3) is 4.63. The highest BCUT2D eigenvalue weighted by molar-refractivity contribution is 6.30. The van der Waals surface area contributed by atoms with E-state index in [1.807, 2.05) is 24.3 Å². The van der Waals surface area contributed by atoms with Gasteiger partial charge in [-0.1, -0.05) is 28.9 Å². The van der Waals surface area contributed by atoms with Crippen molar-refractivity contribution in [3.8, 4) is 0 Å². The monoisotopic (exact) mass is 281 g/mol. The molecule has 102 valence electrons. The van der Waals surface area contributed by atoms with Crippen LogP contribution in [-0.4, -0.2) is 30.4 Å². The van der Waals surface area contributed by atoms with Gasteiger partial charge in [-0.3, -0.25) is 0 Å². The first-order valence-corrected chi connectivity index (χ1v) is 6.41. The predicted molar refractivity (Wildman–Crippen MR) is 72.1 cm³/mol. The average molecular weight is 282 g/mol. The number of aromatic nitrogens is 2. The fraction of sp³-hybridized carbons (Fsp3) is 0.385. The Morgan fingerprint density at radius 3 is 2.84 bits per heavy atom. The lowest BCUT2D eigenvalue weighted by Crippen LogP contribution is -2.18. The van der Waals surface area contributed by atoms with Crippen molar-refractivity contribution in [1.82, 2.24) is 15.5 Å². The molecule has 5 nitrogen and oxygen atoms in total. The Kier molecular flexibility index (Phi) is 5.32. The van der Waals surface area contributed by atoms with Crippen LogP contribution in [0, 0.1) is 0 Å². The molecule has 0 amide bonds. The lowest BCUT2D eigenvalue weighted by molar-refractivity contribution is 0.197. The van der Waals surface area contributed by atoms with E-state index < -0.39 is 0 Å². The summed E-state index contributed by atoms with van der Waals surface area (Å²) in [5, 5.41) is 7.81. The Morgan fingerprint density at radius 2 is 2.11 bits per heavy atom. The molecular weight excluding hydrogens is 266 g/mol. The second-order valence-electron chi connectivity index (χ2n) is 4.08. The molecule has 1 aromatic carbocycles. The second kappa shape index (κ2) is 7.23. The second-order valence-corrected chi connectivity index (χ2v) is 4.51. The van der Waals surface area contributed by atoms with Crippen LogP contribution in [0.3, 0.4) is 0 Å². The predicted octanol–water partition coefficient (Wildman–Crippen LogP) is 2.05. The molecule has 0 unspecified atom stereocenters. The summed E-state index contributed by atoms with van der Waals surface area (Å²) in [4.78, 5) is 4.31. The van der Waals surface area contributed by atoms with Crippen LogP contribution in [0.15, 0.2) is 28.8 Å². The van der Waals surface area contributed by atoms with Crippen molar-refractivity contribution in [3.63, 3.8) is 0 Å². The molecule has 0 saturated carbocycles. The van der Waals surface area contributed by atoms with Gasteiger partial charge >= 0.3 is 0 Å². The van der Waals surface area contributed by atoms with Crippen LogP contribution in [0.1, 0.15) is 17.3 Å². The van der Waals surface area contributed by atoms with Gasteiger partial charge in [-0.25, -0.2) is 0 Å². The Labute approximate surface area is 116 Å².